The summed E-state index contributed by atoms with van der Waals surface area (Å²) in [6.07, 6.45) is 2.48. The number of hydrogen-bond donors (Lipinski definition) is 1. The van der Waals surface area contributed by atoms with Gasteiger partial charge in [0, 0.05) is 6.54 Å². The lowest BCUT2D eigenvalue weighted by molar-refractivity contribution is 0.149. The van der Waals surface area contributed by atoms with Crippen molar-refractivity contribution >= 4 is 0 Å². The van der Waals surface area contributed by atoms with Gasteiger partial charge in [0.2, 0.25) is 0 Å². The Bertz CT molecular complexity index is 318. The molecule has 0 saturated heterocycles. The first-order chi connectivity index (χ1) is 8.67. The monoisotopic (exact) mass is 249 g/mol. The van der Waals surface area contributed by atoms with Gasteiger partial charge in [0.1, 0.15) is 11.9 Å². The predicted molar refractivity (Wildman–Crippen MR) is 78.2 cm³/mol. The molecular formula is C16H27NO. The fourth-order valence-corrected chi connectivity index (χ4v) is 1.81. The van der Waals surface area contributed by atoms with Crippen molar-refractivity contribution < 1.29 is 4.74 Å². The zero-order valence-corrected chi connectivity index (χ0v) is 12.2. The Morgan fingerprint density at radius 2 is 1.78 bits per heavy atom. The van der Waals surface area contributed by atoms with Crippen LogP contribution in [0.2, 0.25) is 0 Å². The van der Waals surface area contributed by atoms with Gasteiger partial charge in [-0.15, -0.1) is 0 Å². The van der Waals surface area contributed by atoms with E-state index in [1.807, 2.05) is 0 Å². The summed E-state index contributed by atoms with van der Waals surface area (Å²) in [6, 6.07) is 8.44. The molecule has 1 aromatic rings. The van der Waals surface area contributed by atoms with Crippen LogP contribution in [0.5, 0.6) is 5.75 Å². The normalized spacial score (nSPS) is 12.7. The first-order valence-corrected chi connectivity index (χ1v) is 7.13. The number of hydrogen-bond acceptors (Lipinski definition) is 2. The first kappa shape index (κ1) is 15.0. The molecule has 2 heteroatoms. The number of aryl methyl sites for hydroxylation is 1. The van der Waals surface area contributed by atoms with Crippen molar-refractivity contribution in [1.82, 2.24) is 5.32 Å². The summed E-state index contributed by atoms with van der Waals surface area (Å²) in [5.41, 5.74) is 1.35. The fourth-order valence-electron chi connectivity index (χ4n) is 1.81. The highest BCUT2D eigenvalue weighted by molar-refractivity contribution is 5.27. The van der Waals surface area contributed by atoms with Crippen LogP contribution in [0.25, 0.3) is 0 Å². The molecule has 1 rings (SSSR count). The summed E-state index contributed by atoms with van der Waals surface area (Å²) in [4.78, 5) is 0. The number of benzene rings is 1. The highest BCUT2D eigenvalue weighted by atomic mass is 16.5. The second-order valence-electron chi connectivity index (χ2n) is 5.10. The van der Waals surface area contributed by atoms with Crippen LogP contribution in [0.3, 0.4) is 0 Å². The van der Waals surface area contributed by atoms with Crippen molar-refractivity contribution in [1.29, 1.82) is 0 Å². The van der Waals surface area contributed by atoms with Crippen LogP contribution in [0.4, 0.5) is 0 Å². The molecule has 1 aromatic carbocycles. The van der Waals surface area contributed by atoms with Gasteiger partial charge in [-0.1, -0.05) is 39.8 Å². The summed E-state index contributed by atoms with van der Waals surface area (Å²) >= 11 is 0. The molecule has 0 radical (unpaired) electrons. The third-order valence-electron chi connectivity index (χ3n) is 3.13. The van der Waals surface area contributed by atoms with Crippen molar-refractivity contribution in [2.75, 3.05) is 13.1 Å². The van der Waals surface area contributed by atoms with E-state index >= 15 is 0 Å². The maximum Gasteiger partial charge on any atom is 0.119 e. The second kappa shape index (κ2) is 8.15. The van der Waals surface area contributed by atoms with E-state index in [0.717, 1.165) is 31.7 Å². The van der Waals surface area contributed by atoms with Crippen LogP contribution < -0.4 is 10.1 Å². The Labute approximate surface area is 112 Å². The standard InChI is InChI=1S/C16H27NO/c1-5-11-17-12-16(13(3)4)18-15-9-7-14(6-2)8-10-15/h7-10,13,16-17H,5-6,11-12H2,1-4H3. The van der Waals surface area contributed by atoms with Crippen LogP contribution >= 0.6 is 0 Å². The van der Waals surface area contributed by atoms with E-state index in [1.54, 1.807) is 0 Å². The number of rotatable bonds is 8. The molecule has 0 heterocycles. The molecule has 1 N–H and O–H groups in total. The lowest BCUT2D eigenvalue weighted by atomic mass is 10.1. The van der Waals surface area contributed by atoms with Crippen LogP contribution in [-0.4, -0.2) is 19.2 Å². The molecule has 18 heavy (non-hydrogen) atoms. The van der Waals surface area contributed by atoms with Gasteiger partial charge < -0.3 is 10.1 Å². The van der Waals surface area contributed by atoms with Crippen LogP contribution in [0.1, 0.15) is 39.7 Å². The Balaban J connectivity index is 2.53. The third kappa shape index (κ3) is 5.09. The van der Waals surface area contributed by atoms with Gasteiger partial charge >= 0.3 is 0 Å². The van der Waals surface area contributed by atoms with Gasteiger partial charge in [-0.25, -0.2) is 0 Å². The molecule has 102 valence electrons. The summed E-state index contributed by atoms with van der Waals surface area (Å²) in [7, 11) is 0. The average molecular weight is 249 g/mol. The van der Waals surface area contributed by atoms with E-state index < -0.39 is 0 Å². The van der Waals surface area contributed by atoms with Crippen molar-refractivity contribution in [2.24, 2.45) is 5.92 Å². The van der Waals surface area contributed by atoms with Crippen LogP contribution in [0, 0.1) is 5.92 Å². The van der Waals surface area contributed by atoms with Gasteiger partial charge in [-0.2, -0.15) is 0 Å². The van der Waals surface area contributed by atoms with E-state index in [4.69, 9.17) is 4.74 Å². The Kier molecular flexibility index (Phi) is 6.81. The zero-order valence-electron chi connectivity index (χ0n) is 12.2. The Morgan fingerprint density at radius 3 is 2.28 bits per heavy atom. The SMILES string of the molecule is CCCNCC(Oc1ccc(CC)cc1)C(C)C. The molecule has 0 aliphatic heterocycles. The highest BCUT2D eigenvalue weighted by Crippen LogP contribution is 2.17. The Hall–Kier alpha value is -1.02. The lowest BCUT2D eigenvalue weighted by Crippen LogP contribution is -2.35. The van der Waals surface area contributed by atoms with E-state index in [2.05, 4.69) is 57.3 Å². The minimum Gasteiger partial charge on any atom is -0.489 e. The van der Waals surface area contributed by atoms with Gasteiger partial charge in [0.05, 0.1) is 0 Å². The Morgan fingerprint density at radius 1 is 1.11 bits per heavy atom. The molecule has 2 nitrogen and oxygen atoms in total. The summed E-state index contributed by atoms with van der Waals surface area (Å²) in [6.45, 7) is 10.7. The second-order valence-corrected chi connectivity index (χ2v) is 5.10. The molecule has 0 bridgehead atoms. The maximum atomic E-state index is 6.06. The van der Waals surface area contributed by atoms with Gasteiger partial charge in [0.25, 0.3) is 0 Å². The average Bonchev–Trinajstić information content (AvgIpc) is 2.38. The fraction of sp³-hybridized carbons (Fsp3) is 0.625. The zero-order chi connectivity index (χ0) is 13.4. The molecule has 1 unspecified atom stereocenters. The largest absolute Gasteiger partial charge is 0.489 e. The van der Waals surface area contributed by atoms with Crippen LogP contribution in [-0.2, 0) is 6.42 Å². The molecule has 0 aliphatic rings. The molecule has 1 atom stereocenters. The van der Waals surface area contributed by atoms with Crippen molar-refractivity contribution in [3.63, 3.8) is 0 Å². The topological polar surface area (TPSA) is 21.3 Å². The molecule has 0 fully saturated rings. The van der Waals surface area contributed by atoms with Crippen molar-refractivity contribution in [2.45, 2.75) is 46.6 Å². The molecule has 0 spiro atoms. The van der Waals surface area contributed by atoms with Crippen LogP contribution in [0.15, 0.2) is 24.3 Å². The third-order valence-corrected chi connectivity index (χ3v) is 3.13. The van der Waals surface area contributed by atoms with E-state index in [0.29, 0.717) is 5.92 Å². The minimum atomic E-state index is 0.240. The predicted octanol–water partition coefficient (Wildman–Crippen LogP) is 3.65. The van der Waals surface area contributed by atoms with E-state index in [1.165, 1.54) is 5.56 Å². The van der Waals surface area contributed by atoms with Gasteiger partial charge in [-0.05, 0) is 43.0 Å². The quantitative estimate of drug-likeness (QED) is 0.710. The molecular weight excluding hydrogens is 222 g/mol. The van der Waals surface area contributed by atoms with E-state index in [9.17, 15) is 0 Å². The molecule has 0 aromatic heterocycles. The lowest BCUT2D eigenvalue weighted by Gasteiger charge is -2.23. The minimum absolute atomic E-state index is 0.240. The molecule has 0 saturated carbocycles. The summed E-state index contributed by atoms with van der Waals surface area (Å²) in [5.74, 6) is 1.49. The summed E-state index contributed by atoms with van der Waals surface area (Å²) in [5, 5.41) is 3.43. The highest BCUT2D eigenvalue weighted by Gasteiger charge is 2.14. The first-order valence-electron chi connectivity index (χ1n) is 7.13. The number of nitrogens with one attached hydrogen (secondary N) is 1. The van der Waals surface area contributed by atoms with Crippen molar-refractivity contribution in [3.8, 4) is 5.75 Å². The van der Waals surface area contributed by atoms with Crippen molar-refractivity contribution in [3.05, 3.63) is 29.8 Å². The van der Waals surface area contributed by atoms with E-state index in [-0.39, 0.29) is 6.10 Å². The molecule has 0 amide bonds. The maximum absolute atomic E-state index is 6.06. The summed E-state index contributed by atoms with van der Waals surface area (Å²) < 4.78 is 6.06. The molecule has 0 aliphatic carbocycles. The number of ether oxygens (including phenoxy) is 1. The van der Waals surface area contributed by atoms with Gasteiger partial charge in [0.15, 0.2) is 0 Å². The van der Waals surface area contributed by atoms with Gasteiger partial charge in [-0.3, -0.25) is 0 Å². The smallest absolute Gasteiger partial charge is 0.119 e.